The number of thiophene rings is 2. The first-order chi connectivity index (χ1) is 9.56. The predicted octanol–water partition coefficient (Wildman–Crippen LogP) is 3.11. The summed E-state index contributed by atoms with van der Waals surface area (Å²) in [5, 5.41) is 13.2. The lowest BCUT2D eigenvalue weighted by atomic mass is 10.3. The van der Waals surface area contributed by atoms with Crippen LogP contribution in [0.25, 0.3) is 0 Å². The standard InChI is InChI=1S/C13H12N2O3S2/c1-9(15(17)13(14)16)4-5-10-6-7-12(20-10)18-11-3-2-8-19-11/h2-3,6-9,17H,1H3,(H2,14,16). The molecule has 2 rings (SSSR count). The molecule has 2 amide bonds. The Kier molecular flexibility index (Phi) is 4.63. The van der Waals surface area contributed by atoms with Crippen molar-refractivity contribution in [3.63, 3.8) is 0 Å². The molecule has 2 aromatic rings. The molecule has 20 heavy (non-hydrogen) atoms. The van der Waals surface area contributed by atoms with E-state index in [1.165, 1.54) is 22.7 Å². The summed E-state index contributed by atoms with van der Waals surface area (Å²) in [7, 11) is 0. The second-order valence-electron chi connectivity index (χ2n) is 3.78. The summed E-state index contributed by atoms with van der Waals surface area (Å²) in [6, 6.07) is 5.84. The Morgan fingerprint density at radius 1 is 1.45 bits per heavy atom. The van der Waals surface area contributed by atoms with E-state index in [9.17, 15) is 10.0 Å². The molecule has 3 N–H and O–H groups in total. The van der Waals surface area contributed by atoms with Crippen LogP contribution < -0.4 is 10.5 Å². The van der Waals surface area contributed by atoms with E-state index >= 15 is 0 Å². The average Bonchev–Trinajstić information content (AvgIpc) is 3.07. The summed E-state index contributed by atoms with van der Waals surface area (Å²) < 4.78 is 5.63. The van der Waals surface area contributed by atoms with Crippen molar-refractivity contribution in [2.24, 2.45) is 5.73 Å². The Hall–Kier alpha value is -2.01. The number of hydroxylamine groups is 2. The van der Waals surface area contributed by atoms with E-state index in [1.54, 1.807) is 6.92 Å². The zero-order valence-electron chi connectivity index (χ0n) is 10.6. The van der Waals surface area contributed by atoms with Gasteiger partial charge in [-0.25, -0.2) is 4.79 Å². The van der Waals surface area contributed by atoms with E-state index in [1.807, 2.05) is 29.6 Å². The van der Waals surface area contributed by atoms with Crippen LogP contribution in [0.1, 0.15) is 11.8 Å². The fraction of sp³-hybridized carbons (Fsp3) is 0.154. The number of ether oxygens (including phenoxy) is 1. The van der Waals surface area contributed by atoms with Gasteiger partial charge in [0.15, 0.2) is 10.1 Å². The van der Waals surface area contributed by atoms with Crippen molar-refractivity contribution >= 4 is 28.7 Å². The monoisotopic (exact) mass is 308 g/mol. The molecule has 5 nitrogen and oxygen atoms in total. The van der Waals surface area contributed by atoms with Gasteiger partial charge in [0.2, 0.25) is 0 Å². The molecule has 7 heteroatoms. The van der Waals surface area contributed by atoms with Crippen LogP contribution in [0.4, 0.5) is 4.79 Å². The Labute approximate surface area is 124 Å². The largest absolute Gasteiger partial charge is 0.436 e. The first kappa shape index (κ1) is 14.4. The van der Waals surface area contributed by atoms with Gasteiger partial charge >= 0.3 is 6.03 Å². The molecule has 1 unspecified atom stereocenters. The molecular weight excluding hydrogens is 296 g/mol. The second-order valence-corrected chi connectivity index (χ2v) is 5.74. The minimum Gasteiger partial charge on any atom is -0.436 e. The highest BCUT2D eigenvalue weighted by atomic mass is 32.1. The van der Waals surface area contributed by atoms with Gasteiger partial charge in [-0.15, -0.1) is 11.3 Å². The Balaban J connectivity index is 2.01. The molecule has 2 heterocycles. The van der Waals surface area contributed by atoms with Crippen LogP contribution in [0.5, 0.6) is 10.1 Å². The normalized spacial score (nSPS) is 11.3. The summed E-state index contributed by atoms with van der Waals surface area (Å²) in [5.74, 6) is 5.60. The van der Waals surface area contributed by atoms with Gasteiger partial charge in [-0.2, -0.15) is 5.06 Å². The third-order valence-electron chi connectivity index (χ3n) is 2.27. The average molecular weight is 308 g/mol. The van der Waals surface area contributed by atoms with Crippen LogP contribution in [0.3, 0.4) is 0 Å². The molecule has 0 saturated heterocycles. The predicted molar refractivity (Wildman–Crippen MR) is 78.3 cm³/mol. The fourth-order valence-corrected chi connectivity index (χ4v) is 2.66. The SMILES string of the molecule is CC(C#Cc1ccc(Oc2cccs2)s1)N(O)C(N)=O. The first-order valence-corrected chi connectivity index (χ1v) is 7.36. The van der Waals surface area contributed by atoms with Crippen molar-refractivity contribution in [1.29, 1.82) is 0 Å². The maximum Gasteiger partial charge on any atom is 0.339 e. The van der Waals surface area contributed by atoms with E-state index < -0.39 is 12.1 Å². The number of rotatable bonds is 3. The first-order valence-electron chi connectivity index (χ1n) is 5.66. The van der Waals surface area contributed by atoms with Gasteiger partial charge in [-0.1, -0.05) is 23.2 Å². The molecule has 0 aliphatic heterocycles. The number of hydrogen-bond donors (Lipinski definition) is 2. The lowest BCUT2D eigenvalue weighted by Crippen LogP contribution is -2.38. The van der Waals surface area contributed by atoms with Crippen LogP contribution in [0.2, 0.25) is 0 Å². The molecule has 2 aromatic heterocycles. The molecule has 0 aromatic carbocycles. The minimum atomic E-state index is -0.931. The van der Waals surface area contributed by atoms with Gasteiger partial charge in [0.1, 0.15) is 6.04 Å². The zero-order valence-corrected chi connectivity index (χ0v) is 12.2. The van der Waals surface area contributed by atoms with Crippen molar-refractivity contribution in [1.82, 2.24) is 5.06 Å². The van der Waals surface area contributed by atoms with E-state index in [2.05, 4.69) is 11.8 Å². The Bertz CT molecular complexity index is 640. The number of nitrogens with two attached hydrogens (primary N) is 1. The van der Waals surface area contributed by atoms with Crippen molar-refractivity contribution in [2.75, 3.05) is 0 Å². The molecular formula is C13H12N2O3S2. The van der Waals surface area contributed by atoms with E-state index in [4.69, 9.17) is 10.5 Å². The number of urea groups is 1. The molecule has 0 radical (unpaired) electrons. The van der Waals surface area contributed by atoms with Crippen molar-refractivity contribution in [3.05, 3.63) is 34.5 Å². The quantitative estimate of drug-likeness (QED) is 0.519. The van der Waals surface area contributed by atoms with E-state index in [0.717, 1.165) is 15.0 Å². The van der Waals surface area contributed by atoms with Crippen LogP contribution >= 0.6 is 22.7 Å². The van der Waals surface area contributed by atoms with Crippen LogP contribution in [-0.4, -0.2) is 22.3 Å². The van der Waals surface area contributed by atoms with Crippen LogP contribution in [-0.2, 0) is 0 Å². The van der Waals surface area contributed by atoms with Gasteiger partial charge in [0.25, 0.3) is 0 Å². The molecule has 0 saturated carbocycles. The lowest BCUT2D eigenvalue weighted by Gasteiger charge is -2.14. The van der Waals surface area contributed by atoms with Crippen LogP contribution in [0.15, 0.2) is 29.6 Å². The summed E-state index contributed by atoms with van der Waals surface area (Å²) in [6.07, 6.45) is 0. The highest BCUT2D eigenvalue weighted by Crippen LogP contribution is 2.31. The molecule has 0 spiro atoms. The van der Waals surface area contributed by atoms with Crippen molar-refractivity contribution < 1.29 is 14.7 Å². The zero-order chi connectivity index (χ0) is 14.5. The van der Waals surface area contributed by atoms with Gasteiger partial charge in [-0.3, -0.25) is 5.21 Å². The minimum absolute atomic E-state index is 0.393. The maximum absolute atomic E-state index is 10.7. The highest BCUT2D eigenvalue weighted by molar-refractivity contribution is 7.15. The molecule has 0 fully saturated rings. The van der Waals surface area contributed by atoms with Gasteiger partial charge < -0.3 is 10.5 Å². The van der Waals surface area contributed by atoms with E-state index in [0.29, 0.717) is 5.06 Å². The lowest BCUT2D eigenvalue weighted by molar-refractivity contribution is -0.0536. The number of carbonyl (C=O) groups is 1. The number of nitrogens with zero attached hydrogens (tertiary/aromatic N) is 1. The topological polar surface area (TPSA) is 75.8 Å². The van der Waals surface area contributed by atoms with Gasteiger partial charge in [0.05, 0.1) is 4.88 Å². The molecule has 1 atom stereocenters. The maximum atomic E-state index is 10.7. The summed E-state index contributed by atoms with van der Waals surface area (Å²) in [5.41, 5.74) is 4.94. The summed E-state index contributed by atoms with van der Waals surface area (Å²) >= 11 is 2.90. The fourth-order valence-electron chi connectivity index (χ4n) is 1.29. The van der Waals surface area contributed by atoms with Gasteiger partial charge in [-0.05, 0) is 36.6 Å². The third kappa shape index (κ3) is 3.74. The van der Waals surface area contributed by atoms with Gasteiger partial charge in [0, 0.05) is 0 Å². The highest BCUT2D eigenvalue weighted by Gasteiger charge is 2.11. The van der Waals surface area contributed by atoms with Crippen LogP contribution in [0, 0.1) is 11.8 Å². The molecule has 0 aliphatic carbocycles. The number of hydrogen-bond acceptors (Lipinski definition) is 5. The molecule has 0 aliphatic rings. The van der Waals surface area contributed by atoms with Crippen molar-refractivity contribution in [3.8, 4) is 22.0 Å². The number of primary amides is 1. The molecule has 0 bridgehead atoms. The Morgan fingerprint density at radius 3 is 2.90 bits per heavy atom. The summed E-state index contributed by atoms with van der Waals surface area (Å²) in [6.45, 7) is 1.58. The number of carbonyl (C=O) groups excluding carboxylic acids is 1. The Morgan fingerprint density at radius 2 is 2.25 bits per heavy atom. The third-order valence-corrected chi connectivity index (χ3v) is 3.90. The molecule has 104 valence electrons. The van der Waals surface area contributed by atoms with E-state index in [-0.39, 0.29) is 0 Å². The second kappa shape index (κ2) is 6.43. The number of amides is 2. The van der Waals surface area contributed by atoms with Crippen molar-refractivity contribution in [2.45, 2.75) is 13.0 Å². The smallest absolute Gasteiger partial charge is 0.339 e. The summed E-state index contributed by atoms with van der Waals surface area (Å²) in [4.78, 5) is 11.5.